The van der Waals surface area contributed by atoms with E-state index in [1.165, 1.54) is 25.3 Å². The summed E-state index contributed by atoms with van der Waals surface area (Å²) in [5, 5.41) is 16.5. The van der Waals surface area contributed by atoms with Crippen LogP contribution in [0.2, 0.25) is 5.02 Å². The second-order valence-electron chi connectivity index (χ2n) is 10.3. The van der Waals surface area contributed by atoms with Gasteiger partial charge in [-0.25, -0.2) is 4.98 Å². The van der Waals surface area contributed by atoms with Crippen LogP contribution in [0.1, 0.15) is 46.1 Å². The third kappa shape index (κ3) is 6.24. The topological polar surface area (TPSA) is 112 Å². The lowest BCUT2D eigenvalue weighted by molar-refractivity contribution is -0.139. The maximum atomic E-state index is 13.9. The van der Waals surface area contributed by atoms with E-state index in [1.807, 2.05) is 7.05 Å². The molecule has 1 unspecified atom stereocenters. The molecular formula is C28H30ClF3N6O4. The molecule has 1 atom stereocenters. The number of alkyl halides is 3. The second kappa shape index (κ2) is 11.9. The monoisotopic (exact) mass is 606 g/mol. The van der Waals surface area contributed by atoms with Crippen LogP contribution in [0.3, 0.4) is 0 Å². The van der Waals surface area contributed by atoms with E-state index in [-0.39, 0.29) is 45.7 Å². The third-order valence-corrected chi connectivity index (χ3v) is 7.66. The zero-order valence-corrected chi connectivity index (χ0v) is 23.9. The van der Waals surface area contributed by atoms with Gasteiger partial charge in [-0.2, -0.15) is 18.2 Å². The van der Waals surface area contributed by atoms with Gasteiger partial charge in [-0.05, 0) is 63.8 Å². The van der Waals surface area contributed by atoms with Crippen LogP contribution < -0.4 is 20.1 Å². The normalized spacial score (nSPS) is 18.0. The SMILES string of the molecule is COc1cc(C(=O)NC2CCN(C)CC2)c(Cl)cc1Nc1ncc(C(F)(F)F)c(Oc2cccc3c2C(O)N(C)C3)n1. The predicted octanol–water partition coefficient (Wildman–Crippen LogP) is 4.95. The third-order valence-electron chi connectivity index (χ3n) is 7.35. The maximum absolute atomic E-state index is 13.9. The number of hydrogen-bond acceptors (Lipinski definition) is 9. The fraction of sp³-hybridized carbons (Fsp3) is 0.393. The Balaban J connectivity index is 1.42. The average molecular weight is 607 g/mol. The number of aromatic nitrogens is 2. The fourth-order valence-corrected chi connectivity index (χ4v) is 5.27. The number of ether oxygens (including phenoxy) is 2. The summed E-state index contributed by atoms with van der Waals surface area (Å²) >= 11 is 6.46. The molecule has 1 saturated heterocycles. The maximum Gasteiger partial charge on any atom is 0.423 e. The molecule has 3 aromatic rings. The molecule has 1 aromatic heterocycles. The van der Waals surface area contributed by atoms with Crippen LogP contribution in [0.4, 0.5) is 24.8 Å². The molecule has 5 rings (SSSR count). The number of aliphatic hydroxyl groups is 1. The van der Waals surface area contributed by atoms with Crippen LogP contribution in [-0.2, 0) is 12.7 Å². The minimum Gasteiger partial charge on any atom is -0.495 e. The number of methoxy groups -OCH3 is 1. The first-order chi connectivity index (χ1) is 19.9. The molecule has 0 aliphatic carbocycles. The standard InChI is InChI=1S/C28H30ClF3N6O4/c1-37-9-7-16(8-10-37)34-24(39)17-11-22(41-3)20(12-19(17)29)35-27-33-13-18(28(30,31)32)25(36-27)42-21-6-4-5-15-14-38(2)26(40)23(15)21/h4-6,11-13,16,26,40H,7-10,14H2,1-3H3,(H,34,39)(H,33,35,36). The van der Waals surface area contributed by atoms with Crippen molar-refractivity contribution in [3.63, 3.8) is 0 Å². The van der Waals surface area contributed by atoms with Gasteiger partial charge in [0.2, 0.25) is 11.8 Å². The van der Waals surface area contributed by atoms with Gasteiger partial charge >= 0.3 is 6.18 Å². The molecule has 1 fully saturated rings. The lowest BCUT2D eigenvalue weighted by atomic mass is 10.0. The first kappa shape index (κ1) is 29.8. The van der Waals surface area contributed by atoms with Crippen molar-refractivity contribution in [1.29, 1.82) is 0 Å². The molecule has 0 bridgehead atoms. The van der Waals surface area contributed by atoms with Crippen molar-refractivity contribution in [2.75, 3.05) is 39.6 Å². The quantitative estimate of drug-likeness (QED) is 0.344. The van der Waals surface area contributed by atoms with E-state index < -0.39 is 23.8 Å². The van der Waals surface area contributed by atoms with Gasteiger partial charge in [0.25, 0.3) is 5.91 Å². The Hall–Kier alpha value is -3.65. The Morgan fingerprint density at radius 3 is 2.60 bits per heavy atom. The molecule has 3 N–H and O–H groups in total. The number of benzene rings is 2. The van der Waals surface area contributed by atoms with E-state index >= 15 is 0 Å². The number of anilines is 2. The number of hydrogen-bond donors (Lipinski definition) is 3. The molecule has 14 heteroatoms. The zero-order chi connectivity index (χ0) is 30.2. The summed E-state index contributed by atoms with van der Waals surface area (Å²) in [4.78, 5) is 24.6. The zero-order valence-electron chi connectivity index (χ0n) is 23.1. The average Bonchev–Trinajstić information content (AvgIpc) is 3.23. The molecule has 224 valence electrons. The number of carbonyl (C=O) groups is 1. The van der Waals surface area contributed by atoms with Crippen LogP contribution in [-0.4, -0.2) is 71.1 Å². The summed E-state index contributed by atoms with van der Waals surface area (Å²) in [6.45, 7) is 2.14. The van der Waals surface area contributed by atoms with Crippen LogP contribution in [0.15, 0.2) is 36.5 Å². The Morgan fingerprint density at radius 1 is 1.17 bits per heavy atom. The van der Waals surface area contributed by atoms with Gasteiger partial charge in [0.1, 0.15) is 23.3 Å². The van der Waals surface area contributed by atoms with Gasteiger partial charge in [-0.15, -0.1) is 0 Å². The van der Waals surface area contributed by atoms with Gasteiger partial charge in [0, 0.05) is 24.3 Å². The van der Waals surface area contributed by atoms with Crippen molar-refractivity contribution in [1.82, 2.24) is 25.1 Å². The van der Waals surface area contributed by atoms with Crippen LogP contribution >= 0.6 is 11.6 Å². The van der Waals surface area contributed by atoms with E-state index in [1.54, 1.807) is 24.1 Å². The van der Waals surface area contributed by atoms with Crippen molar-refractivity contribution in [2.24, 2.45) is 0 Å². The Labute approximate surface area is 245 Å². The van der Waals surface area contributed by atoms with Gasteiger partial charge in [-0.3, -0.25) is 9.69 Å². The van der Waals surface area contributed by atoms with Crippen molar-refractivity contribution in [3.8, 4) is 17.4 Å². The van der Waals surface area contributed by atoms with E-state index in [2.05, 4.69) is 25.5 Å². The van der Waals surface area contributed by atoms with E-state index in [0.717, 1.165) is 31.5 Å². The smallest absolute Gasteiger partial charge is 0.423 e. The Morgan fingerprint density at radius 2 is 1.90 bits per heavy atom. The second-order valence-corrected chi connectivity index (χ2v) is 10.7. The Bertz CT molecular complexity index is 1480. The molecular weight excluding hydrogens is 577 g/mol. The number of carbonyl (C=O) groups excluding carboxylic acids is 1. The predicted molar refractivity (Wildman–Crippen MR) is 149 cm³/mol. The number of rotatable bonds is 7. The molecule has 3 heterocycles. The highest BCUT2D eigenvalue weighted by atomic mass is 35.5. The van der Waals surface area contributed by atoms with Gasteiger partial charge in [-0.1, -0.05) is 23.7 Å². The highest BCUT2D eigenvalue weighted by molar-refractivity contribution is 6.34. The summed E-state index contributed by atoms with van der Waals surface area (Å²) < 4.78 is 52.8. The number of nitrogens with zero attached hydrogens (tertiary/aromatic N) is 4. The van der Waals surface area contributed by atoms with Crippen molar-refractivity contribution in [2.45, 2.75) is 37.8 Å². The minimum atomic E-state index is -4.81. The number of amides is 1. The minimum absolute atomic E-state index is 0.0138. The molecule has 2 aromatic carbocycles. The lowest BCUT2D eigenvalue weighted by Crippen LogP contribution is -2.43. The van der Waals surface area contributed by atoms with Crippen LogP contribution in [0, 0.1) is 0 Å². The lowest BCUT2D eigenvalue weighted by Gasteiger charge is -2.29. The molecule has 10 nitrogen and oxygen atoms in total. The fourth-order valence-electron chi connectivity index (χ4n) is 5.02. The van der Waals surface area contributed by atoms with E-state index in [0.29, 0.717) is 18.3 Å². The molecule has 42 heavy (non-hydrogen) atoms. The Kier molecular flexibility index (Phi) is 8.46. The largest absolute Gasteiger partial charge is 0.495 e. The molecule has 0 spiro atoms. The molecule has 0 radical (unpaired) electrons. The first-order valence-electron chi connectivity index (χ1n) is 13.2. The van der Waals surface area contributed by atoms with Crippen LogP contribution in [0.5, 0.6) is 17.4 Å². The van der Waals surface area contributed by atoms with E-state index in [9.17, 15) is 23.1 Å². The number of aliphatic hydroxyl groups excluding tert-OH is 1. The number of halogens is 4. The highest BCUT2D eigenvalue weighted by Crippen LogP contribution is 2.42. The molecule has 2 aliphatic rings. The van der Waals surface area contributed by atoms with Crippen molar-refractivity contribution < 1.29 is 32.5 Å². The molecule has 2 aliphatic heterocycles. The van der Waals surface area contributed by atoms with E-state index in [4.69, 9.17) is 21.1 Å². The molecule has 0 saturated carbocycles. The number of nitrogens with one attached hydrogen (secondary N) is 2. The van der Waals surface area contributed by atoms with Crippen molar-refractivity contribution in [3.05, 3.63) is 63.8 Å². The summed E-state index contributed by atoms with van der Waals surface area (Å²) in [5.74, 6) is -1.11. The summed E-state index contributed by atoms with van der Waals surface area (Å²) in [6.07, 6.45) is -3.63. The number of piperidine rings is 1. The number of likely N-dealkylation sites (tertiary alicyclic amines) is 1. The van der Waals surface area contributed by atoms with Gasteiger partial charge in [0.05, 0.1) is 23.4 Å². The van der Waals surface area contributed by atoms with Gasteiger partial charge in [0.15, 0.2) is 0 Å². The number of fused-ring (bicyclic) bond motifs is 1. The highest BCUT2D eigenvalue weighted by Gasteiger charge is 2.38. The summed E-state index contributed by atoms with van der Waals surface area (Å²) in [7, 11) is 5.09. The summed E-state index contributed by atoms with van der Waals surface area (Å²) in [5.41, 5.74) is 0.308. The molecule has 1 amide bonds. The summed E-state index contributed by atoms with van der Waals surface area (Å²) in [6, 6.07) is 7.74. The van der Waals surface area contributed by atoms with Gasteiger partial charge < -0.3 is 30.1 Å². The first-order valence-corrected chi connectivity index (χ1v) is 13.6. The van der Waals surface area contributed by atoms with Crippen LogP contribution in [0.25, 0.3) is 0 Å². The van der Waals surface area contributed by atoms with Crippen molar-refractivity contribution >= 4 is 29.1 Å².